The smallest absolute Gasteiger partial charge is 0.397 e. The van der Waals surface area contributed by atoms with Crippen molar-refractivity contribution < 1.29 is 26.7 Å². The molecule has 32 heavy (non-hydrogen) atoms. The van der Waals surface area contributed by atoms with Gasteiger partial charge >= 0.3 is 6.11 Å². The summed E-state index contributed by atoms with van der Waals surface area (Å²) in [5.74, 6) is -2.81. The van der Waals surface area contributed by atoms with E-state index in [0.29, 0.717) is 18.6 Å². The Kier molecular flexibility index (Phi) is 9.24. The Hall–Kier alpha value is -1.33. The molecule has 0 aromatic heterocycles. The summed E-state index contributed by atoms with van der Waals surface area (Å²) < 4.78 is 72.3. The minimum absolute atomic E-state index is 0.229. The number of alkyl halides is 2. The molecule has 0 heterocycles. The highest BCUT2D eigenvalue weighted by Crippen LogP contribution is 2.43. The van der Waals surface area contributed by atoms with Crippen LogP contribution in [0.3, 0.4) is 0 Å². The maximum Gasteiger partial charge on any atom is 0.397 e. The lowest BCUT2D eigenvalue weighted by atomic mass is 9.68. The molecule has 2 aliphatic carbocycles. The molecular weight excluding hydrogens is 423 g/mol. The summed E-state index contributed by atoms with van der Waals surface area (Å²) in [5, 5.41) is 0. The molecule has 0 spiro atoms. The molecule has 6 heteroatoms. The van der Waals surface area contributed by atoms with Gasteiger partial charge in [0.15, 0.2) is 17.5 Å². The molecule has 0 amide bonds. The number of rotatable bonds is 10. The van der Waals surface area contributed by atoms with Crippen LogP contribution >= 0.6 is 0 Å². The van der Waals surface area contributed by atoms with E-state index in [1.54, 1.807) is 0 Å². The topological polar surface area (TPSA) is 9.23 Å². The minimum Gasteiger partial charge on any atom is -0.432 e. The van der Waals surface area contributed by atoms with Gasteiger partial charge in [-0.25, -0.2) is 13.2 Å². The van der Waals surface area contributed by atoms with Crippen LogP contribution in [0.25, 0.3) is 0 Å². The van der Waals surface area contributed by atoms with Crippen molar-refractivity contribution in [1.29, 1.82) is 0 Å². The van der Waals surface area contributed by atoms with Crippen molar-refractivity contribution in [3.63, 3.8) is 0 Å². The van der Waals surface area contributed by atoms with E-state index in [4.69, 9.17) is 0 Å². The lowest BCUT2D eigenvalue weighted by Gasteiger charge is -2.38. The fourth-order valence-corrected chi connectivity index (χ4v) is 5.77. The molecule has 0 N–H and O–H groups in total. The van der Waals surface area contributed by atoms with Gasteiger partial charge in [0, 0.05) is 12.1 Å². The molecule has 0 radical (unpaired) electrons. The number of hydrogen-bond donors (Lipinski definition) is 0. The predicted molar refractivity (Wildman–Crippen MR) is 116 cm³/mol. The lowest BCUT2D eigenvalue weighted by molar-refractivity contribution is -0.183. The van der Waals surface area contributed by atoms with Crippen LogP contribution in [-0.2, 0) is 0 Å². The van der Waals surface area contributed by atoms with Crippen molar-refractivity contribution in [2.24, 2.45) is 23.7 Å². The number of ether oxygens (including phenoxy) is 1. The Morgan fingerprint density at radius 1 is 0.781 bits per heavy atom. The Morgan fingerprint density at radius 2 is 1.28 bits per heavy atom. The second-order valence-corrected chi connectivity index (χ2v) is 10.0. The lowest BCUT2D eigenvalue weighted by Crippen LogP contribution is -2.28. The minimum atomic E-state index is -3.54. The van der Waals surface area contributed by atoms with Gasteiger partial charge in [0.2, 0.25) is 0 Å². The Labute approximate surface area is 189 Å². The Bertz CT molecular complexity index is 683. The average Bonchev–Trinajstić information content (AvgIpc) is 2.77. The van der Waals surface area contributed by atoms with Gasteiger partial charge in [-0.3, -0.25) is 0 Å². The predicted octanol–water partition coefficient (Wildman–Crippen LogP) is 9.05. The summed E-state index contributed by atoms with van der Waals surface area (Å²) in [7, 11) is 0. The van der Waals surface area contributed by atoms with Crippen LogP contribution in [-0.4, -0.2) is 6.11 Å². The number of halogens is 5. The van der Waals surface area contributed by atoms with E-state index in [0.717, 1.165) is 43.4 Å². The SMILES string of the molecule is CCCCC[C@H]1CC[C@H]([C@H]2CC[C@H](CCC(F)(F)Oc3cc(F)c(F)c(F)c3)CC2)CC1. The zero-order valence-electron chi connectivity index (χ0n) is 19.2. The highest BCUT2D eigenvalue weighted by Gasteiger charge is 2.35. The van der Waals surface area contributed by atoms with Gasteiger partial charge in [-0.05, 0) is 55.8 Å². The molecule has 2 fully saturated rings. The molecule has 3 rings (SSSR count). The maximum absolute atomic E-state index is 14.2. The normalized spacial score (nSPS) is 26.8. The highest BCUT2D eigenvalue weighted by molar-refractivity contribution is 5.25. The monoisotopic (exact) mass is 460 g/mol. The number of unbranched alkanes of at least 4 members (excludes halogenated alkanes) is 2. The molecule has 182 valence electrons. The molecular formula is C26H37F5O. The zero-order chi connectivity index (χ0) is 23.1. The second-order valence-electron chi connectivity index (χ2n) is 10.0. The van der Waals surface area contributed by atoms with Crippen molar-refractivity contribution in [3.8, 4) is 5.75 Å². The molecule has 0 aliphatic heterocycles. The first-order valence-electron chi connectivity index (χ1n) is 12.5. The van der Waals surface area contributed by atoms with Gasteiger partial charge in [0.05, 0.1) is 6.42 Å². The van der Waals surface area contributed by atoms with Crippen LogP contribution in [0, 0.1) is 41.1 Å². The van der Waals surface area contributed by atoms with Crippen LogP contribution in [0.5, 0.6) is 5.75 Å². The number of hydrogen-bond acceptors (Lipinski definition) is 1. The highest BCUT2D eigenvalue weighted by atomic mass is 19.3. The van der Waals surface area contributed by atoms with Crippen LogP contribution in [0.4, 0.5) is 22.0 Å². The van der Waals surface area contributed by atoms with E-state index >= 15 is 0 Å². The van der Waals surface area contributed by atoms with E-state index in [2.05, 4.69) is 11.7 Å². The van der Waals surface area contributed by atoms with E-state index in [1.807, 2.05) is 0 Å². The second kappa shape index (κ2) is 11.7. The van der Waals surface area contributed by atoms with E-state index in [1.165, 1.54) is 51.4 Å². The summed E-state index contributed by atoms with van der Waals surface area (Å²) in [6.07, 6.45) is 11.1. The number of benzene rings is 1. The first kappa shape index (κ1) is 25.3. The van der Waals surface area contributed by atoms with Gasteiger partial charge < -0.3 is 4.74 Å². The Balaban J connectivity index is 1.37. The largest absolute Gasteiger partial charge is 0.432 e. The average molecular weight is 461 g/mol. The molecule has 0 bridgehead atoms. The summed E-state index contributed by atoms with van der Waals surface area (Å²) >= 11 is 0. The van der Waals surface area contributed by atoms with Gasteiger partial charge in [-0.15, -0.1) is 0 Å². The standard InChI is InChI=1S/C26H37F5O/c1-2-3-4-5-18-6-10-20(11-7-18)21-12-8-19(9-13-21)14-15-26(30,31)32-22-16-23(27)25(29)24(28)17-22/h16-21H,2-15H2,1H3/t18-,19-,20-,21-. The summed E-state index contributed by atoms with van der Waals surface area (Å²) in [5.41, 5.74) is 0. The van der Waals surface area contributed by atoms with Crippen molar-refractivity contribution in [2.75, 3.05) is 0 Å². The first-order valence-corrected chi connectivity index (χ1v) is 12.5. The molecule has 1 nitrogen and oxygen atoms in total. The summed E-state index contributed by atoms with van der Waals surface area (Å²) in [4.78, 5) is 0. The van der Waals surface area contributed by atoms with Crippen LogP contribution in [0.1, 0.15) is 96.8 Å². The molecule has 2 aliphatic rings. The molecule has 2 saturated carbocycles. The Morgan fingerprint density at radius 3 is 1.78 bits per heavy atom. The van der Waals surface area contributed by atoms with Gasteiger partial charge in [-0.1, -0.05) is 58.3 Å². The summed E-state index contributed by atoms with van der Waals surface area (Å²) in [6, 6.07) is 0.909. The van der Waals surface area contributed by atoms with Gasteiger partial charge in [0.1, 0.15) is 5.75 Å². The maximum atomic E-state index is 14.2. The van der Waals surface area contributed by atoms with Crippen molar-refractivity contribution >= 4 is 0 Å². The van der Waals surface area contributed by atoms with Crippen molar-refractivity contribution in [3.05, 3.63) is 29.6 Å². The quantitative estimate of drug-likeness (QED) is 0.192. The van der Waals surface area contributed by atoms with E-state index < -0.39 is 35.7 Å². The molecule has 1 aromatic carbocycles. The van der Waals surface area contributed by atoms with Crippen LogP contribution in [0.2, 0.25) is 0 Å². The van der Waals surface area contributed by atoms with E-state index in [-0.39, 0.29) is 5.92 Å². The summed E-state index contributed by atoms with van der Waals surface area (Å²) in [6.45, 7) is 2.25. The molecule has 0 unspecified atom stereocenters. The third-order valence-electron chi connectivity index (χ3n) is 7.73. The third kappa shape index (κ3) is 7.34. The van der Waals surface area contributed by atoms with Crippen LogP contribution < -0.4 is 4.74 Å². The molecule has 1 aromatic rings. The van der Waals surface area contributed by atoms with Gasteiger partial charge in [0.25, 0.3) is 0 Å². The zero-order valence-corrected chi connectivity index (χ0v) is 19.2. The van der Waals surface area contributed by atoms with E-state index in [9.17, 15) is 22.0 Å². The first-order chi connectivity index (χ1) is 15.3. The van der Waals surface area contributed by atoms with Crippen molar-refractivity contribution in [1.82, 2.24) is 0 Å². The fourth-order valence-electron chi connectivity index (χ4n) is 5.77. The molecule has 0 saturated heterocycles. The van der Waals surface area contributed by atoms with Gasteiger partial charge in [-0.2, -0.15) is 8.78 Å². The third-order valence-corrected chi connectivity index (χ3v) is 7.73. The fraction of sp³-hybridized carbons (Fsp3) is 0.769. The van der Waals surface area contributed by atoms with Crippen molar-refractivity contribution in [2.45, 2.75) is 103 Å². The van der Waals surface area contributed by atoms with Crippen LogP contribution in [0.15, 0.2) is 12.1 Å². The molecule has 0 atom stereocenters.